The SMILES string of the molecule is CCCCCSc1cccc(N2C(=O)Cc3ccccc3C2=O)c1. The molecule has 0 aromatic heterocycles. The first-order valence-corrected chi connectivity index (χ1v) is 9.37. The Labute approximate surface area is 147 Å². The fourth-order valence-corrected chi connectivity index (χ4v) is 3.84. The third-order valence-electron chi connectivity index (χ3n) is 4.13. The lowest BCUT2D eigenvalue weighted by Crippen LogP contribution is -2.42. The molecule has 0 bridgehead atoms. The topological polar surface area (TPSA) is 37.4 Å². The van der Waals surface area contributed by atoms with Gasteiger partial charge in [0.25, 0.3) is 5.91 Å². The highest BCUT2D eigenvalue weighted by Gasteiger charge is 2.31. The predicted molar refractivity (Wildman–Crippen MR) is 98.7 cm³/mol. The van der Waals surface area contributed by atoms with E-state index >= 15 is 0 Å². The molecule has 1 heterocycles. The number of carbonyl (C=O) groups is 2. The van der Waals surface area contributed by atoms with Crippen molar-refractivity contribution in [2.45, 2.75) is 37.5 Å². The van der Waals surface area contributed by atoms with Crippen LogP contribution in [0.5, 0.6) is 0 Å². The summed E-state index contributed by atoms with van der Waals surface area (Å²) in [5.41, 5.74) is 2.10. The largest absolute Gasteiger partial charge is 0.274 e. The minimum absolute atomic E-state index is 0.160. The van der Waals surface area contributed by atoms with Gasteiger partial charge in [0.15, 0.2) is 0 Å². The van der Waals surface area contributed by atoms with Crippen molar-refractivity contribution < 1.29 is 9.59 Å². The van der Waals surface area contributed by atoms with Crippen molar-refractivity contribution in [3.63, 3.8) is 0 Å². The minimum Gasteiger partial charge on any atom is -0.274 e. The van der Waals surface area contributed by atoms with Crippen LogP contribution in [0.1, 0.15) is 42.1 Å². The van der Waals surface area contributed by atoms with E-state index in [0.29, 0.717) is 11.3 Å². The lowest BCUT2D eigenvalue weighted by atomic mass is 9.98. The minimum atomic E-state index is -0.227. The Balaban J connectivity index is 1.81. The summed E-state index contributed by atoms with van der Waals surface area (Å²) >= 11 is 1.78. The second kappa shape index (κ2) is 7.67. The zero-order valence-corrected chi connectivity index (χ0v) is 14.6. The fraction of sp³-hybridized carbons (Fsp3) is 0.300. The standard InChI is InChI=1S/C20H21NO2S/c1-2-3-6-12-24-17-10-7-9-16(14-17)21-19(22)13-15-8-4-5-11-18(15)20(21)23/h4-5,7-11,14H,2-3,6,12-13H2,1H3. The average Bonchev–Trinajstić information content (AvgIpc) is 2.59. The van der Waals surface area contributed by atoms with Crippen LogP contribution >= 0.6 is 11.8 Å². The number of rotatable bonds is 6. The van der Waals surface area contributed by atoms with E-state index in [4.69, 9.17) is 0 Å². The van der Waals surface area contributed by atoms with E-state index in [9.17, 15) is 9.59 Å². The van der Waals surface area contributed by atoms with Crippen LogP contribution in [0.15, 0.2) is 53.4 Å². The zero-order chi connectivity index (χ0) is 16.9. The maximum Gasteiger partial charge on any atom is 0.265 e. The molecule has 0 fully saturated rings. The maximum absolute atomic E-state index is 12.7. The van der Waals surface area contributed by atoms with E-state index < -0.39 is 0 Å². The van der Waals surface area contributed by atoms with Crippen LogP contribution in [0.3, 0.4) is 0 Å². The summed E-state index contributed by atoms with van der Waals surface area (Å²) in [6.07, 6.45) is 3.89. The first-order chi connectivity index (χ1) is 11.7. The number of amides is 2. The van der Waals surface area contributed by atoms with Crippen molar-refractivity contribution in [1.82, 2.24) is 0 Å². The molecular weight excluding hydrogens is 318 g/mol. The number of imide groups is 1. The van der Waals surface area contributed by atoms with E-state index in [1.807, 2.05) is 42.5 Å². The number of benzene rings is 2. The Morgan fingerprint density at radius 3 is 2.71 bits per heavy atom. The third kappa shape index (κ3) is 3.54. The van der Waals surface area contributed by atoms with Crippen LogP contribution in [0, 0.1) is 0 Å². The zero-order valence-electron chi connectivity index (χ0n) is 13.8. The highest BCUT2D eigenvalue weighted by Crippen LogP contribution is 2.29. The summed E-state index contributed by atoms with van der Waals surface area (Å²) < 4.78 is 0. The van der Waals surface area contributed by atoms with Gasteiger partial charge in [-0.2, -0.15) is 0 Å². The monoisotopic (exact) mass is 339 g/mol. The summed E-state index contributed by atoms with van der Waals surface area (Å²) in [7, 11) is 0. The summed E-state index contributed by atoms with van der Waals surface area (Å²) in [6, 6.07) is 15.1. The summed E-state index contributed by atoms with van der Waals surface area (Å²) in [6.45, 7) is 2.19. The summed E-state index contributed by atoms with van der Waals surface area (Å²) in [4.78, 5) is 27.6. The highest BCUT2D eigenvalue weighted by molar-refractivity contribution is 7.99. The van der Waals surface area contributed by atoms with Gasteiger partial charge in [0.2, 0.25) is 5.91 Å². The van der Waals surface area contributed by atoms with Gasteiger partial charge in [0.05, 0.1) is 12.1 Å². The molecule has 0 unspecified atom stereocenters. The molecule has 0 N–H and O–H groups in total. The predicted octanol–water partition coefficient (Wildman–Crippen LogP) is 4.70. The van der Waals surface area contributed by atoms with Crippen LogP contribution in [-0.2, 0) is 11.2 Å². The summed E-state index contributed by atoms with van der Waals surface area (Å²) in [5.74, 6) is 0.670. The smallest absolute Gasteiger partial charge is 0.265 e. The maximum atomic E-state index is 12.7. The third-order valence-corrected chi connectivity index (χ3v) is 5.21. The number of thioether (sulfide) groups is 1. The summed E-state index contributed by atoms with van der Waals surface area (Å²) in [5, 5.41) is 0. The molecule has 0 saturated carbocycles. The molecule has 0 spiro atoms. The lowest BCUT2D eigenvalue weighted by Gasteiger charge is -2.27. The second-order valence-corrected chi connectivity index (χ2v) is 7.09. The number of nitrogens with zero attached hydrogens (tertiary/aromatic N) is 1. The van der Waals surface area contributed by atoms with Crippen LogP contribution in [0.25, 0.3) is 0 Å². The molecule has 124 valence electrons. The Hall–Kier alpha value is -2.07. The van der Waals surface area contributed by atoms with Gasteiger partial charge in [-0.25, -0.2) is 4.90 Å². The Kier molecular flexibility index (Phi) is 5.36. The average molecular weight is 339 g/mol. The van der Waals surface area contributed by atoms with Gasteiger partial charge >= 0.3 is 0 Å². The van der Waals surface area contributed by atoms with E-state index in [1.165, 1.54) is 24.2 Å². The van der Waals surface area contributed by atoms with Crippen molar-refractivity contribution in [3.8, 4) is 0 Å². The van der Waals surface area contributed by atoms with Crippen LogP contribution in [-0.4, -0.2) is 17.6 Å². The number of carbonyl (C=O) groups excluding carboxylic acids is 2. The van der Waals surface area contributed by atoms with Crippen LogP contribution < -0.4 is 4.90 Å². The van der Waals surface area contributed by atoms with Crippen molar-refractivity contribution >= 4 is 29.3 Å². The first kappa shape index (κ1) is 16.8. The molecule has 0 radical (unpaired) electrons. The molecule has 0 aliphatic carbocycles. The van der Waals surface area contributed by atoms with Crippen LogP contribution in [0.2, 0.25) is 0 Å². The second-order valence-electron chi connectivity index (χ2n) is 5.92. The van der Waals surface area contributed by atoms with E-state index in [-0.39, 0.29) is 18.2 Å². The molecule has 24 heavy (non-hydrogen) atoms. The van der Waals surface area contributed by atoms with Crippen LogP contribution in [0.4, 0.5) is 5.69 Å². The molecular formula is C20H21NO2S. The van der Waals surface area contributed by atoms with Gasteiger partial charge in [-0.05, 0) is 42.0 Å². The molecule has 2 aromatic rings. The van der Waals surface area contributed by atoms with E-state index in [0.717, 1.165) is 16.2 Å². The van der Waals surface area contributed by atoms with Gasteiger partial charge < -0.3 is 0 Å². The molecule has 0 saturated heterocycles. The fourth-order valence-electron chi connectivity index (χ4n) is 2.87. The van der Waals surface area contributed by atoms with Gasteiger partial charge in [-0.3, -0.25) is 9.59 Å². The normalized spacial score (nSPS) is 14.0. The quantitative estimate of drug-likeness (QED) is 0.435. The lowest BCUT2D eigenvalue weighted by molar-refractivity contribution is -0.117. The number of fused-ring (bicyclic) bond motifs is 1. The molecule has 1 aliphatic heterocycles. The Morgan fingerprint density at radius 1 is 1.04 bits per heavy atom. The molecule has 3 rings (SSSR count). The van der Waals surface area contributed by atoms with Gasteiger partial charge in [0, 0.05) is 10.5 Å². The first-order valence-electron chi connectivity index (χ1n) is 8.38. The van der Waals surface area contributed by atoms with Gasteiger partial charge in [-0.15, -0.1) is 11.8 Å². The van der Waals surface area contributed by atoms with Crippen molar-refractivity contribution in [2.75, 3.05) is 10.7 Å². The van der Waals surface area contributed by atoms with Gasteiger partial charge in [-0.1, -0.05) is 44.0 Å². The van der Waals surface area contributed by atoms with Crippen molar-refractivity contribution in [3.05, 3.63) is 59.7 Å². The number of hydrogen-bond acceptors (Lipinski definition) is 3. The molecule has 0 atom stereocenters. The molecule has 2 amide bonds. The molecule has 4 heteroatoms. The van der Waals surface area contributed by atoms with Crippen molar-refractivity contribution in [1.29, 1.82) is 0 Å². The Morgan fingerprint density at radius 2 is 1.88 bits per heavy atom. The molecule has 3 nitrogen and oxygen atoms in total. The van der Waals surface area contributed by atoms with E-state index in [1.54, 1.807) is 17.8 Å². The Bertz CT molecular complexity index is 757. The number of anilines is 1. The highest BCUT2D eigenvalue weighted by atomic mass is 32.2. The number of hydrogen-bond donors (Lipinski definition) is 0. The molecule has 1 aliphatic rings. The number of unbranched alkanes of at least 4 members (excludes halogenated alkanes) is 2. The van der Waals surface area contributed by atoms with Gasteiger partial charge in [0.1, 0.15) is 0 Å². The van der Waals surface area contributed by atoms with Crippen molar-refractivity contribution in [2.24, 2.45) is 0 Å². The van der Waals surface area contributed by atoms with E-state index in [2.05, 4.69) is 6.92 Å². The molecule has 2 aromatic carbocycles.